The van der Waals surface area contributed by atoms with Crippen molar-refractivity contribution in [3.63, 3.8) is 0 Å². The summed E-state index contributed by atoms with van der Waals surface area (Å²) in [7, 11) is 1.91. The van der Waals surface area contributed by atoms with Crippen molar-refractivity contribution in [3.8, 4) is 0 Å². The first-order valence-electron chi connectivity index (χ1n) is 9.68. The predicted molar refractivity (Wildman–Crippen MR) is 103 cm³/mol. The molecule has 0 unspecified atom stereocenters. The van der Waals surface area contributed by atoms with Gasteiger partial charge in [-0.25, -0.2) is 9.97 Å². The third kappa shape index (κ3) is 4.54. The van der Waals surface area contributed by atoms with Crippen molar-refractivity contribution in [3.05, 3.63) is 23.8 Å². The Morgan fingerprint density at radius 3 is 2.26 bits per heavy atom. The Morgan fingerprint density at radius 1 is 0.963 bits per heavy atom. The fraction of sp³-hybridized carbons (Fsp3) is 0.667. The standard InChI is InChI=1S/C18H28N8O/c1-15-19-17(13-18(20-15)26-9-11-27-12-10-26)25-7-5-24(6-8-25)4-3-16-14-23(2)22-21-16/h13-14H,3-12H2,1-2H3. The fourth-order valence-corrected chi connectivity index (χ4v) is 3.64. The van der Waals surface area contributed by atoms with E-state index in [0.29, 0.717) is 0 Å². The van der Waals surface area contributed by atoms with Crippen LogP contribution in [0, 0.1) is 6.92 Å². The number of morpholine rings is 1. The lowest BCUT2D eigenvalue weighted by Crippen LogP contribution is -2.47. The zero-order valence-corrected chi connectivity index (χ0v) is 16.2. The van der Waals surface area contributed by atoms with E-state index in [1.54, 1.807) is 4.68 Å². The molecule has 0 aromatic carbocycles. The molecule has 0 atom stereocenters. The quantitative estimate of drug-likeness (QED) is 0.732. The van der Waals surface area contributed by atoms with Gasteiger partial charge < -0.3 is 14.5 Å². The fourth-order valence-electron chi connectivity index (χ4n) is 3.64. The molecule has 146 valence electrons. The molecule has 0 saturated carbocycles. The molecule has 2 aromatic heterocycles. The van der Waals surface area contributed by atoms with E-state index in [1.807, 2.05) is 20.2 Å². The molecule has 9 nitrogen and oxygen atoms in total. The van der Waals surface area contributed by atoms with Gasteiger partial charge in [-0.1, -0.05) is 5.21 Å². The highest BCUT2D eigenvalue weighted by Crippen LogP contribution is 2.21. The number of nitrogens with zero attached hydrogens (tertiary/aromatic N) is 8. The summed E-state index contributed by atoms with van der Waals surface area (Å²) in [6, 6.07) is 2.13. The molecule has 27 heavy (non-hydrogen) atoms. The summed E-state index contributed by atoms with van der Waals surface area (Å²) in [6.07, 6.45) is 2.94. The number of aromatic nitrogens is 5. The summed E-state index contributed by atoms with van der Waals surface area (Å²) in [5.41, 5.74) is 1.06. The molecular formula is C18H28N8O. The van der Waals surface area contributed by atoms with Crippen molar-refractivity contribution in [1.29, 1.82) is 0 Å². The number of hydrogen-bond donors (Lipinski definition) is 0. The monoisotopic (exact) mass is 372 g/mol. The minimum absolute atomic E-state index is 0.767. The Kier molecular flexibility index (Phi) is 5.49. The molecule has 0 bridgehead atoms. The molecular weight excluding hydrogens is 344 g/mol. The van der Waals surface area contributed by atoms with Crippen molar-refractivity contribution in [2.75, 3.05) is 68.8 Å². The van der Waals surface area contributed by atoms with Gasteiger partial charge in [0.05, 0.1) is 18.9 Å². The Balaban J connectivity index is 1.34. The number of rotatable bonds is 5. The Labute approximate surface area is 159 Å². The van der Waals surface area contributed by atoms with Gasteiger partial charge in [-0.15, -0.1) is 5.10 Å². The molecule has 0 aliphatic carbocycles. The van der Waals surface area contributed by atoms with Crippen LogP contribution in [0.3, 0.4) is 0 Å². The molecule has 2 saturated heterocycles. The van der Waals surface area contributed by atoms with Crippen molar-refractivity contribution in [2.24, 2.45) is 7.05 Å². The van der Waals surface area contributed by atoms with Gasteiger partial charge in [-0.2, -0.15) is 0 Å². The Bertz CT molecular complexity index is 750. The van der Waals surface area contributed by atoms with Gasteiger partial charge in [0.25, 0.3) is 0 Å². The summed E-state index contributed by atoms with van der Waals surface area (Å²) >= 11 is 0. The van der Waals surface area contributed by atoms with Crippen LogP contribution >= 0.6 is 0 Å². The first-order chi connectivity index (χ1) is 13.2. The second-order valence-electron chi connectivity index (χ2n) is 7.19. The summed E-state index contributed by atoms with van der Waals surface area (Å²) in [5, 5.41) is 8.17. The van der Waals surface area contributed by atoms with E-state index in [2.05, 4.69) is 36.1 Å². The molecule has 2 fully saturated rings. The molecule has 2 aliphatic heterocycles. The van der Waals surface area contributed by atoms with Crippen LogP contribution in [0.5, 0.6) is 0 Å². The summed E-state index contributed by atoms with van der Waals surface area (Å²) in [6.45, 7) is 10.4. The van der Waals surface area contributed by atoms with E-state index in [0.717, 1.165) is 88.6 Å². The number of aryl methyl sites for hydroxylation is 2. The molecule has 4 rings (SSSR count). The zero-order valence-electron chi connectivity index (χ0n) is 16.2. The van der Waals surface area contributed by atoms with Crippen molar-refractivity contribution in [2.45, 2.75) is 13.3 Å². The zero-order chi connectivity index (χ0) is 18.6. The summed E-state index contributed by atoms with van der Waals surface area (Å²) in [5.74, 6) is 2.89. The van der Waals surface area contributed by atoms with Gasteiger partial charge >= 0.3 is 0 Å². The van der Waals surface area contributed by atoms with Crippen LogP contribution in [0.2, 0.25) is 0 Å². The first kappa shape index (κ1) is 18.1. The Hall–Kier alpha value is -2.26. The van der Waals surface area contributed by atoms with Gasteiger partial charge in [0.1, 0.15) is 17.5 Å². The molecule has 0 N–H and O–H groups in total. The van der Waals surface area contributed by atoms with Gasteiger partial charge in [-0.05, 0) is 6.92 Å². The van der Waals surface area contributed by atoms with Gasteiger partial charge in [0.15, 0.2) is 0 Å². The minimum atomic E-state index is 0.767. The normalized spacial score (nSPS) is 18.9. The van der Waals surface area contributed by atoms with Gasteiger partial charge in [0.2, 0.25) is 0 Å². The van der Waals surface area contributed by atoms with Crippen LogP contribution in [0.15, 0.2) is 12.3 Å². The minimum Gasteiger partial charge on any atom is -0.378 e. The Morgan fingerprint density at radius 2 is 1.63 bits per heavy atom. The van der Waals surface area contributed by atoms with E-state index >= 15 is 0 Å². The average Bonchev–Trinajstić information content (AvgIpc) is 3.12. The topological polar surface area (TPSA) is 75.4 Å². The maximum absolute atomic E-state index is 5.46. The largest absolute Gasteiger partial charge is 0.378 e. The second-order valence-corrected chi connectivity index (χ2v) is 7.19. The lowest BCUT2D eigenvalue weighted by Gasteiger charge is -2.36. The highest BCUT2D eigenvalue weighted by atomic mass is 16.5. The van der Waals surface area contributed by atoms with Gasteiger partial charge in [0, 0.05) is 71.5 Å². The molecule has 9 heteroatoms. The molecule has 2 aromatic rings. The van der Waals surface area contributed by atoms with Crippen LogP contribution < -0.4 is 9.80 Å². The molecule has 2 aliphatic rings. The molecule has 0 amide bonds. The van der Waals surface area contributed by atoms with E-state index in [-0.39, 0.29) is 0 Å². The summed E-state index contributed by atoms with van der Waals surface area (Å²) < 4.78 is 7.22. The molecule has 4 heterocycles. The van der Waals surface area contributed by atoms with Crippen molar-refractivity contribution >= 4 is 11.6 Å². The van der Waals surface area contributed by atoms with Crippen molar-refractivity contribution < 1.29 is 4.74 Å². The smallest absolute Gasteiger partial charge is 0.134 e. The van der Waals surface area contributed by atoms with E-state index < -0.39 is 0 Å². The number of piperazine rings is 1. The van der Waals surface area contributed by atoms with Crippen LogP contribution in [-0.4, -0.2) is 88.9 Å². The van der Waals surface area contributed by atoms with Crippen LogP contribution in [0.4, 0.5) is 11.6 Å². The van der Waals surface area contributed by atoms with E-state index in [9.17, 15) is 0 Å². The SMILES string of the molecule is Cc1nc(N2CCOCC2)cc(N2CCN(CCc3cn(C)nn3)CC2)n1. The number of hydrogen-bond acceptors (Lipinski definition) is 8. The molecule has 0 spiro atoms. The highest BCUT2D eigenvalue weighted by Gasteiger charge is 2.21. The number of anilines is 2. The maximum atomic E-state index is 5.46. The first-order valence-corrected chi connectivity index (χ1v) is 9.68. The van der Waals surface area contributed by atoms with Gasteiger partial charge in [-0.3, -0.25) is 9.58 Å². The van der Waals surface area contributed by atoms with E-state index in [4.69, 9.17) is 9.72 Å². The van der Waals surface area contributed by atoms with Crippen LogP contribution in [0.25, 0.3) is 0 Å². The maximum Gasteiger partial charge on any atom is 0.134 e. The highest BCUT2D eigenvalue weighted by molar-refractivity contribution is 5.51. The van der Waals surface area contributed by atoms with Crippen molar-refractivity contribution in [1.82, 2.24) is 29.9 Å². The lowest BCUT2D eigenvalue weighted by molar-refractivity contribution is 0.122. The second kappa shape index (κ2) is 8.18. The molecule has 0 radical (unpaired) electrons. The van der Waals surface area contributed by atoms with E-state index in [1.165, 1.54) is 0 Å². The third-order valence-corrected chi connectivity index (χ3v) is 5.18. The summed E-state index contributed by atoms with van der Waals surface area (Å²) in [4.78, 5) is 16.5. The third-order valence-electron chi connectivity index (χ3n) is 5.18. The predicted octanol–water partition coefficient (Wildman–Crippen LogP) is 0.115. The average molecular weight is 372 g/mol. The lowest BCUT2D eigenvalue weighted by atomic mass is 10.2. The number of ether oxygens (including phenoxy) is 1. The van der Waals surface area contributed by atoms with Crippen LogP contribution in [-0.2, 0) is 18.2 Å². The van der Waals surface area contributed by atoms with Crippen LogP contribution in [0.1, 0.15) is 11.5 Å².